The summed E-state index contributed by atoms with van der Waals surface area (Å²) in [6.45, 7) is 7.44. The third-order valence-corrected chi connectivity index (χ3v) is 4.99. The number of halogens is 6. The van der Waals surface area contributed by atoms with Crippen molar-refractivity contribution in [2.24, 2.45) is 12.0 Å². The minimum Gasteiger partial charge on any atom is -0.476 e. The molecular weight excluding hydrogens is 492 g/mol. The molecule has 1 amide bonds. The Hall–Kier alpha value is -3.64. The molecule has 7 nitrogen and oxygen atoms in total. The zero-order valence-electron chi connectivity index (χ0n) is 20.0. The van der Waals surface area contributed by atoms with Gasteiger partial charge in [0.25, 0.3) is 5.91 Å². The van der Waals surface area contributed by atoms with Crippen LogP contribution < -0.4 is 0 Å². The van der Waals surface area contributed by atoms with Gasteiger partial charge in [-0.1, -0.05) is 6.58 Å². The van der Waals surface area contributed by atoms with Crippen molar-refractivity contribution < 1.29 is 35.9 Å². The summed E-state index contributed by atoms with van der Waals surface area (Å²) < 4.78 is 85.9. The van der Waals surface area contributed by atoms with Gasteiger partial charge >= 0.3 is 12.4 Å². The number of pyridine rings is 1. The second-order valence-corrected chi connectivity index (χ2v) is 7.61. The minimum absolute atomic E-state index is 0.0725. The first kappa shape index (κ1) is 28.6. The molecule has 0 aliphatic carbocycles. The molecule has 0 aliphatic heterocycles. The van der Waals surface area contributed by atoms with Gasteiger partial charge in [0.2, 0.25) is 5.88 Å². The van der Waals surface area contributed by atoms with Crippen LogP contribution in [0.4, 0.5) is 26.3 Å². The van der Waals surface area contributed by atoms with Crippen LogP contribution in [0.3, 0.4) is 0 Å². The van der Waals surface area contributed by atoms with Crippen molar-refractivity contribution in [2.45, 2.75) is 39.2 Å². The van der Waals surface area contributed by atoms with E-state index in [1.54, 1.807) is 13.8 Å². The zero-order valence-corrected chi connectivity index (χ0v) is 20.0. The van der Waals surface area contributed by atoms with Crippen LogP contribution in [0.5, 0.6) is 0 Å². The van der Waals surface area contributed by atoms with Crippen LogP contribution in [0.2, 0.25) is 0 Å². The van der Waals surface area contributed by atoms with E-state index in [4.69, 9.17) is 4.74 Å². The number of alkyl halides is 6. The molecule has 36 heavy (non-hydrogen) atoms. The molecule has 13 heteroatoms. The topological polar surface area (TPSA) is 72.6 Å². The molecule has 2 aromatic heterocycles. The summed E-state index contributed by atoms with van der Waals surface area (Å²) in [5.41, 5.74) is -3.21. The van der Waals surface area contributed by atoms with Crippen LogP contribution in [0.15, 0.2) is 53.6 Å². The lowest BCUT2D eigenvalue weighted by Gasteiger charge is -2.28. The molecule has 0 aliphatic rings. The monoisotopic (exact) mass is 517 g/mol. The molecule has 2 heterocycles. The predicted molar refractivity (Wildman–Crippen MR) is 121 cm³/mol. The largest absolute Gasteiger partial charge is 0.476 e. The Morgan fingerprint density at radius 3 is 2.44 bits per heavy atom. The Morgan fingerprint density at radius 1 is 1.28 bits per heavy atom. The van der Waals surface area contributed by atoms with E-state index in [9.17, 15) is 31.1 Å². The highest BCUT2D eigenvalue weighted by atomic mass is 19.4. The van der Waals surface area contributed by atoms with Gasteiger partial charge in [0.1, 0.15) is 12.3 Å². The first-order chi connectivity index (χ1) is 16.7. The Kier molecular flexibility index (Phi) is 9.05. The number of carbonyl (C=O) groups is 1. The number of aliphatic imine (C=N–C) groups is 1. The van der Waals surface area contributed by atoms with Gasteiger partial charge in [0.15, 0.2) is 0 Å². The number of aryl methyl sites for hydroxylation is 1. The summed E-state index contributed by atoms with van der Waals surface area (Å²) in [7, 11) is 1.53. The maximum Gasteiger partial charge on any atom is 0.417 e. The third-order valence-electron chi connectivity index (χ3n) is 4.99. The minimum atomic E-state index is -4.77. The molecule has 0 spiro atoms. The van der Waals surface area contributed by atoms with Gasteiger partial charge in [-0.25, -0.2) is 4.99 Å². The van der Waals surface area contributed by atoms with Crippen LogP contribution in [0.1, 0.15) is 36.8 Å². The van der Waals surface area contributed by atoms with E-state index in [1.165, 1.54) is 41.9 Å². The van der Waals surface area contributed by atoms with E-state index in [-0.39, 0.29) is 24.7 Å². The smallest absolute Gasteiger partial charge is 0.417 e. The number of allylic oxidation sites excluding steroid dienone is 2. The quantitative estimate of drug-likeness (QED) is 0.253. The lowest BCUT2D eigenvalue weighted by atomic mass is 10.0. The molecule has 0 saturated heterocycles. The van der Waals surface area contributed by atoms with E-state index >= 15 is 0 Å². The van der Waals surface area contributed by atoms with E-state index in [2.05, 4.69) is 21.7 Å². The fraction of sp³-hybridized carbons (Fsp3) is 0.391. The third kappa shape index (κ3) is 6.95. The fourth-order valence-electron chi connectivity index (χ4n) is 3.17. The molecule has 0 bridgehead atoms. The molecule has 1 atom stereocenters. The maximum atomic E-state index is 13.8. The Bertz CT molecular complexity index is 1150. The van der Waals surface area contributed by atoms with Gasteiger partial charge in [0.05, 0.1) is 22.9 Å². The van der Waals surface area contributed by atoms with Crippen molar-refractivity contribution in [3.05, 3.63) is 59.9 Å². The van der Waals surface area contributed by atoms with Crippen LogP contribution in [-0.2, 0) is 18.0 Å². The average Bonchev–Trinajstić information content (AvgIpc) is 3.23. The van der Waals surface area contributed by atoms with Crippen LogP contribution >= 0.6 is 0 Å². The van der Waals surface area contributed by atoms with Gasteiger partial charge in [0, 0.05) is 37.8 Å². The number of carbonyl (C=O) groups excluding carboxylic acids is 1. The number of rotatable bonds is 9. The Morgan fingerprint density at radius 2 is 1.94 bits per heavy atom. The molecule has 0 fully saturated rings. The Balaban J connectivity index is 2.32. The second kappa shape index (κ2) is 11.4. The fourth-order valence-corrected chi connectivity index (χ4v) is 3.17. The lowest BCUT2D eigenvalue weighted by molar-refractivity contribution is -0.137. The van der Waals surface area contributed by atoms with Crippen LogP contribution in [-0.4, -0.2) is 57.2 Å². The number of hydrogen-bond donors (Lipinski definition) is 0. The summed E-state index contributed by atoms with van der Waals surface area (Å²) in [6.07, 6.45) is -5.25. The van der Waals surface area contributed by atoms with Crippen molar-refractivity contribution in [3.8, 4) is 11.3 Å². The van der Waals surface area contributed by atoms with Crippen molar-refractivity contribution >= 4 is 12.1 Å². The number of aromatic nitrogens is 3. The van der Waals surface area contributed by atoms with Gasteiger partial charge in [-0.15, -0.1) is 0 Å². The molecule has 0 N–H and O–H groups in total. The standard InChI is InChI=1S/C23H25F6N5O2/c1-6-18(31-12-14(3)22(24,25)26)36-13-15(4)34(7-2)21(35)20-19(17-9-11-33(5)32-17)16(8-10-30-20)23(27,28)29/h6,8-12,15H,3,7,13H2,1-2,4-5H3/b18-6+,31-12?/t15-/m0/s1. The number of hydrogen-bond acceptors (Lipinski definition) is 5. The number of nitrogens with zero attached hydrogens (tertiary/aromatic N) is 5. The van der Waals surface area contributed by atoms with Gasteiger partial charge in [-0.2, -0.15) is 31.4 Å². The first-order valence-corrected chi connectivity index (χ1v) is 10.7. The van der Waals surface area contributed by atoms with Crippen LogP contribution in [0, 0.1) is 0 Å². The number of amides is 1. The van der Waals surface area contributed by atoms with Crippen LogP contribution in [0.25, 0.3) is 11.3 Å². The second-order valence-electron chi connectivity index (χ2n) is 7.61. The summed E-state index contributed by atoms with van der Waals surface area (Å²) >= 11 is 0. The van der Waals surface area contributed by atoms with E-state index in [1.807, 2.05) is 0 Å². The van der Waals surface area contributed by atoms with Crippen molar-refractivity contribution in [1.29, 1.82) is 0 Å². The Labute approximate surface area is 203 Å². The molecule has 196 valence electrons. The SMILES string of the molecule is C=C(C=N/C(=C\C)OC[C@H](C)N(CC)C(=O)c1nccc(C(F)(F)F)c1-c1ccn(C)n1)C(F)(F)F. The average molecular weight is 517 g/mol. The molecule has 0 saturated carbocycles. The van der Waals surface area contributed by atoms with Crippen molar-refractivity contribution in [3.63, 3.8) is 0 Å². The van der Waals surface area contributed by atoms with E-state index in [0.29, 0.717) is 6.21 Å². The molecule has 0 unspecified atom stereocenters. The van der Waals surface area contributed by atoms with Gasteiger partial charge < -0.3 is 9.64 Å². The predicted octanol–water partition coefficient (Wildman–Crippen LogP) is 5.42. The maximum absolute atomic E-state index is 13.8. The normalized spacial score (nSPS) is 13.7. The van der Waals surface area contributed by atoms with E-state index in [0.717, 1.165) is 12.3 Å². The van der Waals surface area contributed by atoms with Gasteiger partial charge in [-0.05, 0) is 39.0 Å². The number of ether oxygens (including phenoxy) is 1. The van der Waals surface area contributed by atoms with Crippen molar-refractivity contribution in [2.75, 3.05) is 13.2 Å². The highest BCUT2D eigenvalue weighted by Crippen LogP contribution is 2.38. The van der Waals surface area contributed by atoms with Crippen molar-refractivity contribution in [1.82, 2.24) is 19.7 Å². The number of likely N-dealkylation sites (N-methyl/N-ethyl adjacent to an activating group) is 1. The molecule has 2 aromatic rings. The summed E-state index contributed by atoms with van der Waals surface area (Å²) in [5.74, 6) is -0.946. The summed E-state index contributed by atoms with van der Waals surface area (Å²) in [6, 6.07) is 1.41. The van der Waals surface area contributed by atoms with Gasteiger partial charge in [-0.3, -0.25) is 14.5 Å². The highest BCUT2D eigenvalue weighted by Gasteiger charge is 2.38. The molecular formula is C23H25F6N5O2. The molecule has 0 radical (unpaired) electrons. The summed E-state index contributed by atoms with van der Waals surface area (Å²) in [5, 5.41) is 4.02. The first-order valence-electron chi connectivity index (χ1n) is 10.7. The van der Waals surface area contributed by atoms with E-state index < -0.39 is 46.7 Å². The highest BCUT2D eigenvalue weighted by molar-refractivity contribution is 5.99. The molecule has 0 aromatic carbocycles. The molecule has 2 rings (SSSR count). The lowest BCUT2D eigenvalue weighted by Crippen LogP contribution is -2.41. The zero-order chi connectivity index (χ0) is 27.3. The summed E-state index contributed by atoms with van der Waals surface area (Å²) in [4.78, 5) is 22.1.